The van der Waals surface area contributed by atoms with E-state index in [0.29, 0.717) is 16.1 Å². The molecule has 4 rings (SSSR count). The van der Waals surface area contributed by atoms with E-state index in [9.17, 15) is 31.1 Å². The Morgan fingerprint density at radius 1 is 0.879 bits per heavy atom. The van der Waals surface area contributed by atoms with Crippen molar-refractivity contribution in [1.82, 2.24) is 9.97 Å². The average molecular weight is 479 g/mol. The molecule has 0 fully saturated rings. The monoisotopic (exact) mass is 479 g/mol. The molecule has 0 aliphatic rings. The number of nitrogens with one attached hydrogen (secondary N) is 1. The van der Waals surface area contributed by atoms with E-state index in [0.717, 1.165) is 0 Å². The largest absolute Gasteiger partial charge is 0.309 e. The predicted molar refractivity (Wildman–Crippen MR) is 109 cm³/mol. The zero-order valence-electron chi connectivity index (χ0n) is 16.3. The van der Waals surface area contributed by atoms with Gasteiger partial charge in [-0.1, -0.05) is 6.07 Å². The van der Waals surface area contributed by atoms with Gasteiger partial charge in [-0.3, -0.25) is 4.79 Å². The number of anilines is 1. The van der Waals surface area contributed by atoms with Gasteiger partial charge in [-0.2, -0.15) is 0 Å². The van der Waals surface area contributed by atoms with Gasteiger partial charge in [0, 0.05) is 11.1 Å². The van der Waals surface area contributed by atoms with Crippen LogP contribution in [0.5, 0.6) is 0 Å². The Kier molecular flexibility index (Phi) is 6.14. The van der Waals surface area contributed by atoms with Crippen LogP contribution in [-0.4, -0.2) is 15.9 Å². The second-order valence-electron chi connectivity index (χ2n) is 6.71. The Morgan fingerprint density at radius 3 is 2.12 bits per heavy atom. The molecule has 0 spiro atoms. The van der Waals surface area contributed by atoms with Gasteiger partial charge >= 0.3 is 0 Å². The highest BCUT2D eigenvalue weighted by Gasteiger charge is 2.27. The molecule has 0 bridgehead atoms. The first-order chi connectivity index (χ1) is 15.8. The number of aromatic nitrogens is 2. The lowest BCUT2D eigenvalue weighted by molar-refractivity contribution is -0.115. The molecule has 2 heterocycles. The lowest BCUT2D eigenvalue weighted by Crippen LogP contribution is -2.19. The smallest absolute Gasteiger partial charge is 0.230 e. The van der Waals surface area contributed by atoms with Crippen LogP contribution in [0.3, 0.4) is 0 Å². The predicted octanol–water partition coefficient (Wildman–Crippen LogP) is 5.89. The van der Waals surface area contributed by atoms with Gasteiger partial charge < -0.3 is 5.32 Å². The molecule has 0 atom stereocenters. The number of carbonyl (C=O) groups excluding carboxylic acids is 1. The summed E-state index contributed by atoms with van der Waals surface area (Å²) in [5, 5.41) is 4.04. The van der Waals surface area contributed by atoms with Crippen molar-refractivity contribution in [3.05, 3.63) is 88.4 Å². The fraction of sp³-hybridized carbons (Fsp3) is 0.0455. The summed E-state index contributed by atoms with van der Waals surface area (Å²) in [7, 11) is 0. The maximum Gasteiger partial charge on any atom is 0.230 e. The first kappa shape index (κ1) is 22.5. The van der Waals surface area contributed by atoms with Crippen LogP contribution >= 0.6 is 11.3 Å². The molecule has 1 amide bonds. The number of halogens is 6. The third-order valence-corrected chi connectivity index (χ3v) is 5.44. The van der Waals surface area contributed by atoms with E-state index in [2.05, 4.69) is 15.3 Å². The number of hydrogen-bond donors (Lipinski definition) is 1. The summed E-state index contributed by atoms with van der Waals surface area (Å²) in [6, 6.07) is 8.84. The fourth-order valence-electron chi connectivity index (χ4n) is 2.97. The summed E-state index contributed by atoms with van der Waals surface area (Å²) in [4.78, 5) is 21.6. The molecule has 4 nitrogen and oxygen atoms in total. The molecule has 11 heteroatoms. The van der Waals surface area contributed by atoms with Gasteiger partial charge in [0.05, 0.1) is 23.2 Å². The quantitative estimate of drug-likeness (QED) is 0.221. The zero-order valence-corrected chi connectivity index (χ0v) is 17.1. The summed E-state index contributed by atoms with van der Waals surface area (Å²) < 4.78 is 81.1. The number of nitrogens with zero attached hydrogens (tertiary/aromatic N) is 2. The van der Waals surface area contributed by atoms with Gasteiger partial charge in [-0.25, -0.2) is 36.3 Å². The molecular formula is C22H11F6N3OS. The Hall–Kier alpha value is -3.73. The Balaban J connectivity index is 1.67. The molecular weight excluding hydrogens is 468 g/mol. The number of carbonyl (C=O) groups is 1. The molecule has 0 saturated heterocycles. The van der Waals surface area contributed by atoms with E-state index in [-0.39, 0.29) is 11.5 Å². The number of thiophene rings is 1. The Labute approximate surface area is 186 Å². The molecule has 4 aromatic rings. The van der Waals surface area contributed by atoms with E-state index in [1.165, 1.54) is 41.8 Å². The number of rotatable bonds is 5. The molecule has 2 aromatic carbocycles. The van der Waals surface area contributed by atoms with Crippen molar-refractivity contribution < 1.29 is 31.1 Å². The minimum Gasteiger partial charge on any atom is -0.309 e. The Bertz CT molecular complexity index is 1310. The first-order valence-corrected chi connectivity index (χ1v) is 10.1. The van der Waals surface area contributed by atoms with Crippen LogP contribution in [0.15, 0.2) is 48.0 Å². The highest BCUT2D eigenvalue weighted by Crippen LogP contribution is 2.31. The van der Waals surface area contributed by atoms with Crippen LogP contribution in [0.2, 0.25) is 0 Å². The highest BCUT2D eigenvalue weighted by atomic mass is 32.1. The summed E-state index contributed by atoms with van der Waals surface area (Å²) in [6.07, 6.45) is 0.162. The molecule has 0 radical (unpaired) electrons. The maximum atomic E-state index is 13.9. The lowest BCUT2D eigenvalue weighted by Gasteiger charge is -2.12. The molecule has 33 heavy (non-hydrogen) atoms. The SMILES string of the molecule is O=C(Cc1c(F)c(F)c(F)c(F)c1F)Nc1ncc(-c2ccc(F)cc2)nc1-c1cccs1. The molecule has 0 saturated carbocycles. The molecule has 0 unspecified atom stereocenters. The minimum atomic E-state index is -2.31. The molecule has 0 aliphatic carbocycles. The van der Waals surface area contributed by atoms with Crippen molar-refractivity contribution in [3.63, 3.8) is 0 Å². The second-order valence-corrected chi connectivity index (χ2v) is 7.66. The third kappa shape index (κ3) is 4.44. The number of benzene rings is 2. The average Bonchev–Trinajstić information content (AvgIpc) is 3.35. The molecule has 1 N–H and O–H groups in total. The van der Waals surface area contributed by atoms with E-state index >= 15 is 0 Å². The maximum absolute atomic E-state index is 13.9. The van der Waals surface area contributed by atoms with Crippen LogP contribution in [0.25, 0.3) is 21.8 Å². The van der Waals surface area contributed by atoms with E-state index in [1.54, 1.807) is 17.5 Å². The van der Waals surface area contributed by atoms with Crippen molar-refractivity contribution in [2.24, 2.45) is 0 Å². The molecule has 168 valence electrons. The van der Waals surface area contributed by atoms with Gasteiger partial charge in [0.25, 0.3) is 0 Å². The number of hydrogen-bond acceptors (Lipinski definition) is 4. The van der Waals surface area contributed by atoms with E-state index in [4.69, 9.17) is 0 Å². The summed E-state index contributed by atoms with van der Waals surface area (Å²) in [5.74, 6) is -12.4. The van der Waals surface area contributed by atoms with Crippen LogP contribution in [-0.2, 0) is 11.2 Å². The van der Waals surface area contributed by atoms with Crippen molar-refractivity contribution in [2.45, 2.75) is 6.42 Å². The normalized spacial score (nSPS) is 11.0. The topological polar surface area (TPSA) is 54.9 Å². The van der Waals surface area contributed by atoms with Gasteiger partial charge in [0.2, 0.25) is 11.7 Å². The standard InChI is InChI=1S/C22H11F6N3OS/c23-11-5-3-10(4-6-11)13-9-29-22(21(30-13)14-2-1-7-33-14)31-15(32)8-12-16(24)18(26)20(28)19(27)17(12)25/h1-7,9H,8H2,(H,29,31,32). The van der Waals surface area contributed by atoms with Gasteiger partial charge in [-0.15, -0.1) is 11.3 Å². The van der Waals surface area contributed by atoms with Crippen molar-refractivity contribution in [3.8, 4) is 21.8 Å². The van der Waals surface area contributed by atoms with Crippen molar-refractivity contribution in [2.75, 3.05) is 5.32 Å². The van der Waals surface area contributed by atoms with Gasteiger partial charge in [-0.05, 0) is 35.7 Å². The first-order valence-electron chi connectivity index (χ1n) is 9.23. The number of amides is 1. The summed E-state index contributed by atoms with van der Waals surface area (Å²) >= 11 is 1.26. The van der Waals surface area contributed by atoms with Crippen LogP contribution < -0.4 is 5.32 Å². The van der Waals surface area contributed by atoms with Crippen LogP contribution in [0.4, 0.5) is 32.2 Å². The van der Waals surface area contributed by atoms with E-state index in [1.807, 2.05) is 0 Å². The Morgan fingerprint density at radius 2 is 1.52 bits per heavy atom. The summed E-state index contributed by atoms with van der Waals surface area (Å²) in [5.41, 5.74) is -0.160. The fourth-order valence-corrected chi connectivity index (χ4v) is 3.68. The lowest BCUT2D eigenvalue weighted by atomic mass is 10.1. The van der Waals surface area contributed by atoms with Crippen molar-refractivity contribution >= 4 is 23.1 Å². The molecule has 0 aliphatic heterocycles. The third-order valence-electron chi connectivity index (χ3n) is 4.56. The van der Waals surface area contributed by atoms with Crippen LogP contribution in [0.1, 0.15) is 5.56 Å². The van der Waals surface area contributed by atoms with E-state index < -0.39 is 52.8 Å². The van der Waals surface area contributed by atoms with Crippen LogP contribution in [0, 0.1) is 34.9 Å². The second kappa shape index (κ2) is 9.02. The zero-order chi connectivity index (χ0) is 23.7. The minimum absolute atomic E-state index is 0.0859. The summed E-state index contributed by atoms with van der Waals surface area (Å²) in [6.45, 7) is 0. The molecule has 2 aromatic heterocycles. The highest BCUT2D eigenvalue weighted by molar-refractivity contribution is 7.13. The van der Waals surface area contributed by atoms with Gasteiger partial charge in [0.1, 0.15) is 11.5 Å². The van der Waals surface area contributed by atoms with Crippen molar-refractivity contribution in [1.29, 1.82) is 0 Å². The van der Waals surface area contributed by atoms with Gasteiger partial charge in [0.15, 0.2) is 29.1 Å².